The van der Waals surface area contributed by atoms with Crippen LogP contribution in [-0.4, -0.2) is 28.8 Å². The number of halogens is 2. The van der Waals surface area contributed by atoms with Crippen molar-refractivity contribution in [3.63, 3.8) is 0 Å². The largest absolute Gasteiger partial charge is 0.428 e. The van der Waals surface area contributed by atoms with Gasteiger partial charge in [-0.05, 0) is 24.4 Å². The molecule has 68 valence electrons. The quantitative estimate of drug-likeness (QED) is 0.618. The first-order chi connectivity index (χ1) is 5.66. The van der Waals surface area contributed by atoms with Gasteiger partial charge >= 0.3 is 6.09 Å². The fourth-order valence-corrected chi connectivity index (χ4v) is 1.58. The second kappa shape index (κ2) is 3.96. The van der Waals surface area contributed by atoms with E-state index < -0.39 is 17.4 Å². The molecule has 0 radical (unpaired) electrons. The monoisotopic (exact) mass is 211 g/mol. The smallest absolute Gasteiger partial charge is 0.330 e. The topological polar surface area (TPSA) is 46.6 Å². The summed E-state index contributed by atoms with van der Waals surface area (Å²) in [5.74, 6) is 0. The number of hydrogen-bond donors (Lipinski definition) is 0. The van der Waals surface area contributed by atoms with Crippen LogP contribution in [0.2, 0.25) is 0 Å². The average Bonchev–Trinajstić information content (AvgIpc) is 2.50. The van der Waals surface area contributed by atoms with E-state index in [0.717, 1.165) is 6.42 Å². The summed E-state index contributed by atoms with van der Waals surface area (Å²) < 4.78 is 3.96. The van der Waals surface area contributed by atoms with Crippen molar-refractivity contribution in [2.45, 2.75) is 18.9 Å². The lowest BCUT2D eigenvalue weighted by atomic mass is 10.2. The zero-order valence-electron chi connectivity index (χ0n) is 6.13. The van der Waals surface area contributed by atoms with Crippen LogP contribution < -0.4 is 0 Å². The van der Waals surface area contributed by atoms with Crippen LogP contribution in [0.4, 0.5) is 4.79 Å². The summed E-state index contributed by atoms with van der Waals surface area (Å²) in [6.45, 7) is 0.467. The van der Waals surface area contributed by atoms with Crippen LogP contribution in [0.3, 0.4) is 0 Å². The van der Waals surface area contributed by atoms with Crippen molar-refractivity contribution >= 4 is 34.8 Å². The van der Waals surface area contributed by atoms with Crippen molar-refractivity contribution in [1.29, 1.82) is 0 Å². The zero-order valence-corrected chi connectivity index (χ0v) is 7.64. The molecule has 0 saturated carbocycles. The third-order valence-electron chi connectivity index (χ3n) is 1.82. The molecule has 0 bridgehead atoms. The molecular weight excluding hydrogens is 205 g/mol. The number of carbonyl (C=O) groups is 2. The van der Waals surface area contributed by atoms with Crippen LogP contribution >= 0.6 is 23.5 Å². The lowest BCUT2D eigenvalue weighted by molar-refractivity contribution is -0.115. The predicted molar refractivity (Wildman–Crippen MR) is 42.9 cm³/mol. The molecule has 1 saturated heterocycles. The maximum Gasteiger partial charge on any atom is 0.428 e. The molecule has 1 fully saturated rings. The summed E-state index contributed by atoms with van der Waals surface area (Å²) in [7, 11) is 0. The third-order valence-corrected chi connectivity index (χ3v) is 2.20. The minimum absolute atomic E-state index is 0.467. The first-order valence-electron chi connectivity index (χ1n) is 3.45. The number of carbonyl (C=O) groups excluding carboxylic acids is 2. The van der Waals surface area contributed by atoms with Gasteiger partial charge in [0.15, 0.2) is 0 Å². The van der Waals surface area contributed by atoms with Gasteiger partial charge in [0.05, 0.1) is 0 Å². The second-order valence-electron chi connectivity index (χ2n) is 2.50. The zero-order chi connectivity index (χ0) is 9.14. The molecule has 1 aliphatic heterocycles. The van der Waals surface area contributed by atoms with Crippen LogP contribution in [-0.2, 0) is 9.08 Å². The van der Waals surface area contributed by atoms with Gasteiger partial charge in [-0.15, -0.1) is 0 Å². The Kier molecular flexibility index (Phi) is 3.17. The summed E-state index contributed by atoms with van der Waals surface area (Å²) in [5.41, 5.74) is 0. The number of amides is 1. The maximum atomic E-state index is 10.9. The average molecular weight is 212 g/mol. The van der Waals surface area contributed by atoms with E-state index in [4.69, 9.17) is 23.5 Å². The Morgan fingerprint density at radius 1 is 1.50 bits per heavy atom. The minimum atomic E-state index is -0.715. The highest BCUT2D eigenvalue weighted by Gasteiger charge is 2.34. The maximum absolute atomic E-state index is 10.9. The van der Waals surface area contributed by atoms with Gasteiger partial charge in [0.25, 0.3) is 0 Å². The molecular formula is C6H7Cl2NO3. The molecule has 12 heavy (non-hydrogen) atoms. The van der Waals surface area contributed by atoms with E-state index in [9.17, 15) is 9.59 Å². The van der Waals surface area contributed by atoms with E-state index in [2.05, 4.69) is 4.29 Å². The number of rotatable bonds is 1. The molecule has 1 aliphatic rings. The van der Waals surface area contributed by atoms with Gasteiger partial charge in [0, 0.05) is 6.54 Å². The van der Waals surface area contributed by atoms with Gasteiger partial charge < -0.3 is 4.29 Å². The molecule has 1 amide bonds. The summed E-state index contributed by atoms with van der Waals surface area (Å²) in [6.07, 6.45) is 0.608. The molecule has 1 rings (SSSR count). The highest BCUT2D eigenvalue weighted by atomic mass is 35.5. The van der Waals surface area contributed by atoms with Crippen molar-refractivity contribution in [2.24, 2.45) is 0 Å². The molecule has 1 atom stereocenters. The fraction of sp³-hybridized carbons (Fsp3) is 0.667. The van der Waals surface area contributed by atoms with E-state index in [0.29, 0.717) is 13.0 Å². The molecule has 0 aromatic rings. The van der Waals surface area contributed by atoms with Crippen LogP contribution in [0.5, 0.6) is 0 Å². The Bertz CT molecular complexity index is 209. The van der Waals surface area contributed by atoms with E-state index in [1.807, 2.05) is 0 Å². The Labute approximate surface area is 79.5 Å². The van der Waals surface area contributed by atoms with Crippen molar-refractivity contribution in [1.82, 2.24) is 4.90 Å². The van der Waals surface area contributed by atoms with Crippen LogP contribution in [0.15, 0.2) is 0 Å². The van der Waals surface area contributed by atoms with Crippen LogP contribution in [0, 0.1) is 0 Å². The Morgan fingerprint density at radius 3 is 2.67 bits per heavy atom. The van der Waals surface area contributed by atoms with Gasteiger partial charge in [-0.2, -0.15) is 0 Å². The van der Waals surface area contributed by atoms with Crippen molar-refractivity contribution in [3.05, 3.63) is 0 Å². The Hall–Kier alpha value is -0.480. The van der Waals surface area contributed by atoms with Crippen molar-refractivity contribution in [3.8, 4) is 0 Å². The second-order valence-corrected chi connectivity index (χ2v) is 3.03. The number of likely N-dealkylation sites (tertiary alicyclic amines) is 1. The number of hydrogen-bond acceptors (Lipinski definition) is 3. The number of nitrogens with zero attached hydrogens (tertiary/aromatic N) is 1. The molecule has 0 aliphatic carbocycles. The van der Waals surface area contributed by atoms with Crippen molar-refractivity contribution < 1.29 is 13.9 Å². The van der Waals surface area contributed by atoms with E-state index >= 15 is 0 Å². The van der Waals surface area contributed by atoms with Crippen LogP contribution in [0.25, 0.3) is 0 Å². The lowest BCUT2D eigenvalue weighted by Gasteiger charge is -2.18. The minimum Gasteiger partial charge on any atom is -0.330 e. The highest BCUT2D eigenvalue weighted by Crippen LogP contribution is 2.20. The molecule has 1 heterocycles. The van der Waals surface area contributed by atoms with Crippen LogP contribution in [0.1, 0.15) is 12.8 Å². The van der Waals surface area contributed by atoms with Gasteiger partial charge in [-0.3, -0.25) is 9.69 Å². The predicted octanol–water partition coefficient (Wildman–Crippen LogP) is 1.51. The normalized spacial score (nSPS) is 22.5. The summed E-state index contributed by atoms with van der Waals surface area (Å²) in [5, 5.41) is -0.547. The highest BCUT2D eigenvalue weighted by molar-refractivity contribution is 6.64. The molecule has 0 aromatic heterocycles. The Balaban J connectivity index is 2.63. The molecule has 0 unspecified atom stereocenters. The van der Waals surface area contributed by atoms with Gasteiger partial charge in [0.2, 0.25) is 5.24 Å². The lowest BCUT2D eigenvalue weighted by Crippen LogP contribution is -2.38. The van der Waals surface area contributed by atoms with Crippen molar-refractivity contribution in [2.75, 3.05) is 6.54 Å². The molecule has 0 N–H and O–H groups in total. The summed E-state index contributed by atoms with van der Waals surface area (Å²) >= 11 is 10.1. The first kappa shape index (κ1) is 9.61. The standard InChI is InChI=1S/C6H7Cl2NO3/c7-5(10)4-2-1-3-9(4)6(11)12-8/h4H,1-3H2/t4-/m1/s1. The van der Waals surface area contributed by atoms with E-state index in [-0.39, 0.29) is 0 Å². The third kappa shape index (κ3) is 1.81. The van der Waals surface area contributed by atoms with E-state index in [1.165, 1.54) is 4.90 Å². The fourth-order valence-electron chi connectivity index (χ4n) is 1.27. The van der Waals surface area contributed by atoms with E-state index in [1.54, 1.807) is 0 Å². The molecule has 6 heteroatoms. The molecule has 0 spiro atoms. The Morgan fingerprint density at radius 2 is 2.17 bits per heavy atom. The summed E-state index contributed by atoms with van der Waals surface area (Å²) in [6, 6.07) is -0.571. The summed E-state index contributed by atoms with van der Waals surface area (Å²) in [4.78, 5) is 22.9. The van der Waals surface area contributed by atoms with Gasteiger partial charge in [0.1, 0.15) is 17.9 Å². The van der Waals surface area contributed by atoms with Gasteiger partial charge in [-0.1, -0.05) is 0 Å². The first-order valence-corrected chi connectivity index (χ1v) is 4.14. The molecule has 4 nitrogen and oxygen atoms in total. The molecule has 0 aromatic carbocycles. The van der Waals surface area contributed by atoms with Gasteiger partial charge in [-0.25, -0.2) is 4.79 Å². The SMILES string of the molecule is O=C(Cl)[C@H]1CCCN1C(=O)OCl.